The third-order valence-electron chi connectivity index (χ3n) is 4.59. The standard InChI is InChI=1S/C21H19ClN4O2S/c1-13-17(14(2)28-25-13)12-29-21-24-23-20(15-7-5-4-6-8-15)26(21)16-9-10-19(27-3)18(22)11-16/h4-11H,12H2,1-3H3. The lowest BCUT2D eigenvalue weighted by Gasteiger charge is -2.12. The summed E-state index contributed by atoms with van der Waals surface area (Å²) >= 11 is 7.96. The van der Waals surface area contributed by atoms with Crippen LogP contribution in [0.2, 0.25) is 5.02 Å². The van der Waals surface area contributed by atoms with E-state index in [0.717, 1.165) is 39.2 Å². The third kappa shape index (κ3) is 3.88. The van der Waals surface area contributed by atoms with Crippen LogP contribution in [0.15, 0.2) is 58.2 Å². The summed E-state index contributed by atoms with van der Waals surface area (Å²) in [7, 11) is 1.60. The topological polar surface area (TPSA) is 66.0 Å². The van der Waals surface area contributed by atoms with Crippen LogP contribution < -0.4 is 4.74 Å². The van der Waals surface area contributed by atoms with Crippen molar-refractivity contribution in [3.63, 3.8) is 0 Å². The molecule has 0 unspecified atom stereocenters. The summed E-state index contributed by atoms with van der Waals surface area (Å²) < 4.78 is 12.6. The molecule has 148 valence electrons. The predicted molar refractivity (Wildman–Crippen MR) is 114 cm³/mol. The molecule has 2 heterocycles. The molecule has 8 heteroatoms. The Hall–Kier alpha value is -2.77. The fraction of sp³-hybridized carbons (Fsp3) is 0.190. The Morgan fingerprint density at radius 2 is 1.90 bits per heavy atom. The maximum Gasteiger partial charge on any atom is 0.196 e. The van der Waals surface area contributed by atoms with Crippen molar-refractivity contribution in [1.29, 1.82) is 0 Å². The Morgan fingerprint density at radius 1 is 1.10 bits per heavy atom. The average molecular weight is 427 g/mol. The monoisotopic (exact) mass is 426 g/mol. The second-order valence-corrected chi connectivity index (χ2v) is 7.77. The van der Waals surface area contributed by atoms with Gasteiger partial charge in [0, 0.05) is 16.9 Å². The van der Waals surface area contributed by atoms with Crippen molar-refractivity contribution in [2.45, 2.75) is 24.8 Å². The van der Waals surface area contributed by atoms with Crippen LogP contribution in [0, 0.1) is 13.8 Å². The SMILES string of the molecule is COc1ccc(-n2c(SCc3c(C)noc3C)nnc2-c2ccccc2)cc1Cl. The van der Waals surface area contributed by atoms with Crippen molar-refractivity contribution < 1.29 is 9.26 Å². The molecular formula is C21H19ClN4O2S. The summed E-state index contributed by atoms with van der Waals surface area (Å²) in [5.74, 6) is 2.86. The fourth-order valence-electron chi connectivity index (χ4n) is 3.01. The van der Waals surface area contributed by atoms with Gasteiger partial charge in [-0.3, -0.25) is 4.57 Å². The maximum absolute atomic E-state index is 6.39. The molecule has 0 amide bonds. The fourth-order valence-corrected chi connectivity index (χ4v) is 4.37. The Bertz CT molecular complexity index is 1120. The van der Waals surface area contributed by atoms with Crippen molar-refractivity contribution in [2.75, 3.05) is 7.11 Å². The molecular weight excluding hydrogens is 408 g/mol. The summed E-state index contributed by atoms with van der Waals surface area (Å²) in [6.45, 7) is 3.86. The first-order valence-electron chi connectivity index (χ1n) is 8.97. The van der Waals surface area contributed by atoms with Crippen LogP contribution in [0.1, 0.15) is 17.0 Å². The van der Waals surface area contributed by atoms with E-state index in [4.69, 9.17) is 20.9 Å². The molecule has 0 aliphatic rings. The normalized spacial score (nSPS) is 11.0. The lowest BCUT2D eigenvalue weighted by molar-refractivity contribution is 0.392. The van der Waals surface area contributed by atoms with E-state index in [1.807, 2.05) is 66.9 Å². The number of nitrogens with zero attached hydrogens (tertiary/aromatic N) is 4. The molecule has 4 aromatic rings. The van der Waals surface area contributed by atoms with Gasteiger partial charge in [0.25, 0.3) is 0 Å². The van der Waals surface area contributed by atoms with Crippen LogP contribution in [-0.4, -0.2) is 27.0 Å². The van der Waals surface area contributed by atoms with E-state index in [1.165, 1.54) is 0 Å². The molecule has 0 saturated heterocycles. The van der Waals surface area contributed by atoms with Crippen molar-refractivity contribution in [3.8, 4) is 22.8 Å². The van der Waals surface area contributed by atoms with E-state index >= 15 is 0 Å². The zero-order valence-electron chi connectivity index (χ0n) is 16.2. The van der Waals surface area contributed by atoms with Crippen molar-refractivity contribution in [3.05, 3.63) is 70.6 Å². The lowest BCUT2D eigenvalue weighted by atomic mass is 10.2. The molecule has 0 aliphatic heterocycles. The first-order chi connectivity index (χ1) is 14.1. The highest BCUT2D eigenvalue weighted by Gasteiger charge is 2.19. The van der Waals surface area contributed by atoms with Gasteiger partial charge < -0.3 is 9.26 Å². The number of rotatable bonds is 6. The summed E-state index contributed by atoms with van der Waals surface area (Å²) in [5.41, 5.74) is 3.78. The van der Waals surface area contributed by atoms with Crippen LogP contribution in [0.4, 0.5) is 0 Å². The minimum absolute atomic E-state index is 0.527. The van der Waals surface area contributed by atoms with Gasteiger partial charge in [-0.1, -0.05) is 58.9 Å². The summed E-state index contributed by atoms with van der Waals surface area (Å²) in [6.07, 6.45) is 0. The highest BCUT2D eigenvalue weighted by molar-refractivity contribution is 7.98. The molecule has 0 spiro atoms. The Kier molecular flexibility index (Phi) is 5.60. The third-order valence-corrected chi connectivity index (χ3v) is 5.84. The molecule has 0 radical (unpaired) electrons. The number of thioether (sulfide) groups is 1. The first kappa shape index (κ1) is 19.5. The average Bonchev–Trinajstić information content (AvgIpc) is 3.30. The molecule has 0 N–H and O–H groups in total. The molecule has 0 saturated carbocycles. The van der Waals surface area contributed by atoms with Crippen LogP contribution >= 0.6 is 23.4 Å². The zero-order valence-corrected chi connectivity index (χ0v) is 17.8. The number of aromatic nitrogens is 4. The van der Waals surface area contributed by atoms with E-state index in [9.17, 15) is 0 Å². The zero-order chi connectivity index (χ0) is 20.4. The van der Waals surface area contributed by atoms with Gasteiger partial charge in [-0.05, 0) is 32.0 Å². The minimum atomic E-state index is 0.527. The molecule has 2 aromatic carbocycles. The Balaban J connectivity index is 1.77. The van der Waals surface area contributed by atoms with Crippen LogP contribution in [0.5, 0.6) is 5.75 Å². The number of methoxy groups -OCH3 is 1. The van der Waals surface area contributed by atoms with Gasteiger partial charge in [0.05, 0.1) is 23.5 Å². The second kappa shape index (κ2) is 8.31. The van der Waals surface area contributed by atoms with Gasteiger partial charge in [0.15, 0.2) is 11.0 Å². The molecule has 0 fully saturated rings. The van der Waals surface area contributed by atoms with E-state index in [2.05, 4.69) is 15.4 Å². The Morgan fingerprint density at radius 3 is 2.55 bits per heavy atom. The lowest BCUT2D eigenvalue weighted by Crippen LogP contribution is -2.00. The smallest absolute Gasteiger partial charge is 0.196 e. The molecule has 0 aliphatic carbocycles. The van der Waals surface area contributed by atoms with Gasteiger partial charge in [0.1, 0.15) is 11.5 Å². The highest BCUT2D eigenvalue weighted by Crippen LogP contribution is 2.33. The Labute approximate surface area is 177 Å². The highest BCUT2D eigenvalue weighted by atomic mass is 35.5. The molecule has 6 nitrogen and oxygen atoms in total. The summed E-state index contributed by atoms with van der Waals surface area (Å²) in [5, 5.41) is 14.2. The molecule has 2 aromatic heterocycles. The van der Waals surface area contributed by atoms with E-state index in [-0.39, 0.29) is 0 Å². The van der Waals surface area contributed by atoms with Gasteiger partial charge in [-0.25, -0.2) is 0 Å². The number of ether oxygens (including phenoxy) is 1. The first-order valence-corrected chi connectivity index (χ1v) is 10.3. The van der Waals surface area contributed by atoms with E-state index < -0.39 is 0 Å². The van der Waals surface area contributed by atoms with Gasteiger partial charge in [0.2, 0.25) is 0 Å². The number of hydrogen-bond donors (Lipinski definition) is 0. The molecule has 4 rings (SSSR count). The summed E-state index contributed by atoms with van der Waals surface area (Å²) in [4.78, 5) is 0. The maximum atomic E-state index is 6.39. The van der Waals surface area contributed by atoms with Gasteiger partial charge >= 0.3 is 0 Å². The minimum Gasteiger partial charge on any atom is -0.495 e. The quantitative estimate of drug-likeness (QED) is 0.379. The van der Waals surface area contributed by atoms with Crippen LogP contribution in [0.25, 0.3) is 17.1 Å². The molecule has 0 atom stereocenters. The van der Waals surface area contributed by atoms with Crippen LogP contribution in [-0.2, 0) is 5.75 Å². The second-order valence-electron chi connectivity index (χ2n) is 6.42. The predicted octanol–water partition coefficient (Wildman–Crippen LogP) is 5.49. The molecule has 29 heavy (non-hydrogen) atoms. The van der Waals surface area contributed by atoms with Gasteiger partial charge in [-0.15, -0.1) is 10.2 Å². The van der Waals surface area contributed by atoms with Crippen molar-refractivity contribution >= 4 is 23.4 Å². The molecule has 0 bridgehead atoms. The van der Waals surface area contributed by atoms with Crippen molar-refractivity contribution in [1.82, 2.24) is 19.9 Å². The summed E-state index contributed by atoms with van der Waals surface area (Å²) in [6, 6.07) is 15.6. The largest absolute Gasteiger partial charge is 0.495 e. The number of benzene rings is 2. The number of aryl methyl sites for hydroxylation is 2. The van der Waals surface area contributed by atoms with Crippen LogP contribution in [0.3, 0.4) is 0 Å². The van der Waals surface area contributed by atoms with Crippen molar-refractivity contribution in [2.24, 2.45) is 0 Å². The number of halogens is 1. The van der Waals surface area contributed by atoms with E-state index in [0.29, 0.717) is 16.5 Å². The number of hydrogen-bond acceptors (Lipinski definition) is 6. The van der Waals surface area contributed by atoms with E-state index in [1.54, 1.807) is 18.9 Å². The van der Waals surface area contributed by atoms with Gasteiger partial charge in [-0.2, -0.15) is 0 Å².